The molecular formula is C22H17Cl2N5O3. The first-order chi connectivity index (χ1) is 15.5. The van der Waals surface area contributed by atoms with E-state index in [9.17, 15) is 4.79 Å². The topological polar surface area (TPSA) is 91.2 Å². The average Bonchev–Trinajstić information content (AvgIpc) is 3.34. The number of nitrogens with zero attached hydrogens (tertiary/aromatic N) is 4. The largest absolute Gasteiger partial charge is 0.496 e. The minimum Gasteiger partial charge on any atom is -0.496 e. The Kier molecular flexibility index (Phi) is 6.53. The van der Waals surface area contributed by atoms with Gasteiger partial charge in [-0.1, -0.05) is 41.4 Å². The fraction of sp³-hybridized carbons (Fsp3) is 0.0909. The molecule has 0 fully saturated rings. The number of hydrogen-bond acceptors (Lipinski definition) is 6. The predicted molar refractivity (Wildman–Crippen MR) is 121 cm³/mol. The molecule has 0 saturated heterocycles. The van der Waals surface area contributed by atoms with Gasteiger partial charge >= 0.3 is 0 Å². The number of ether oxygens (including phenoxy) is 2. The van der Waals surface area contributed by atoms with Crippen molar-refractivity contribution in [1.82, 2.24) is 20.2 Å². The maximum atomic E-state index is 12.8. The third kappa shape index (κ3) is 4.82. The maximum Gasteiger partial charge on any atom is 0.259 e. The average molecular weight is 470 g/mol. The molecule has 1 heterocycles. The number of methoxy groups -OCH3 is 1. The highest BCUT2D eigenvalue weighted by molar-refractivity contribution is 6.33. The van der Waals surface area contributed by atoms with Gasteiger partial charge in [-0.15, -0.1) is 5.10 Å². The highest BCUT2D eigenvalue weighted by atomic mass is 35.5. The predicted octanol–water partition coefficient (Wildman–Crippen LogP) is 4.81. The fourth-order valence-corrected chi connectivity index (χ4v) is 3.39. The zero-order valence-corrected chi connectivity index (χ0v) is 18.3. The first-order valence-electron chi connectivity index (χ1n) is 9.43. The van der Waals surface area contributed by atoms with Crippen molar-refractivity contribution in [2.24, 2.45) is 0 Å². The Bertz CT molecular complexity index is 1230. The molecule has 8 nitrogen and oxygen atoms in total. The number of benzene rings is 3. The van der Waals surface area contributed by atoms with Crippen LogP contribution < -0.4 is 14.8 Å². The third-order valence-corrected chi connectivity index (χ3v) is 5.25. The number of halogens is 2. The van der Waals surface area contributed by atoms with E-state index in [1.165, 1.54) is 24.2 Å². The van der Waals surface area contributed by atoms with Gasteiger partial charge in [0.25, 0.3) is 5.91 Å². The van der Waals surface area contributed by atoms with E-state index in [0.29, 0.717) is 39.5 Å². The maximum absolute atomic E-state index is 12.8. The normalized spacial score (nSPS) is 10.6. The number of hydrogen-bond donors (Lipinski definition) is 1. The van der Waals surface area contributed by atoms with E-state index in [4.69, 9.17) is 32.7 Å². The molecule has 162 valence electrons. The summed E-state index contributed by atoms with van der Waals surface area (Å²) in [4.78, 5) is 12.8. The summed E-state index contributed by atoms with van der Waals surface area (Å²) >= 11 is 12.5. The fourth-order valence-electron chi connectivity index (χ4n) is 2.95. The molecule has 4 aromatic rings. The lowest BCUT2D eigenvalue weighted by atomic mass is 10.1. The van der Waals surface area contributed by atoms with E-state index in [-0.39, 0.29) is 11.5 Å². The molecule has 4 rings (SSSR count). The summed E-state index contributed by atoms with van der Waals surface area (Å²) in [6.07, 6.45) is 1.40. The van der Waals surface area contributed by atoms with E-state index in [0.717, 1.165) is 5.56 Å². The van der Waals surface area contributed by atoms with Gasteiger partial charge in [0.05, 0.1) is 23.4 Å². The second kappa shape index (κ2) is 9.67. The van der Waals surface area contributed by atoms with Crippen molar-refractivity contribution in [1.29, 1.82) is 0 Å². The van der Waals surface area contributed by atoms with Crippen molar-refractivity contribution in [3.63, 3.8) is 0 Å². The Balaban J connectivity index is 1.45. The van der Waals surface area contributed by atoms with E-state index >= 15 is 0 Å². The Morgan fingerprint density at radius 3 is 2.53 bits per heavy atom. The number of nitrogens with one attached hydrogen (secondary N) is 1. The molecule has 0 aliphatic rings. The van der Waals surface area contributed by atoms with Gasteiger partial charge in [-0.3, -0.25) is 4.79 Å². The van der Waals surface area contributed by atoms with Crippen molar-refractivity contribution >= 4 is 34.8 Å². The molecule has 0 aliphatic heterocycles. The van der Waals surface area contributed by atoms with Gasteiger partial charge in [0, 0.05) is 22.3 Å². The summed E-state index contributed by atoms with van der Waals surface area (Å²) in [5, 5.41) is 14.8. The van der Waals surface area contributed by atoms with Crippen molar-refractivity contribution in [3.8, 4) is 17.2 Å². The molecule has 0 radical (unpaired) electrons. The highest BCUT2D eigenvalue weighted by Crippen LogP contribution is 2.30. The summed E-state index contributed by atoms with van der Waals surface area (Å²) < 4.78 is 12.5. The number of rotatable bonds is 7. The lowest BCUT2D eigenvalue weighted by molar-refractivity contribution is 0.102. The number of tetrazole rings is 1. The van der Waals surface area contributed by atoms with E-state index < -0.39 is 0 Å². The summed E-state index contributed by atoms with van der Waals surface area (Å²) in [7, 11) is 1.47. The van der Waals surface area contributed by atoms with Gasteiger partial charge < -0.3 is 14.8 Å². The van der Waals surface area contributed by atoms with Crippen LogP contribution in [0.1, 0.15) is 15.9 Å². The second-order valence-corrected chi connectivity index (χ2v) is 7.43. The van der Waals surface area contributed by atoms with Crippen LogP contribution in [0.5, 0.6) is 11.5 Å². The minimum absolute atomic E-state index is 0.272. The van der Waals surface area contributed by atoms with Crippen LogP contribution in [-0.4, -0.2) is 33.2 Å². The molecule has 0 unspecified atom stereocenters. The highest BCUT2D eigenvalue weighted by Gasteiger charge is 2.17. The molecule has 0 aliphatic carbocycles. The summed E-state index contributed by atoms with van der Waals surface area (Å²) in [6, 6.07) is 17.6. The van der Waals surface area contributed by atoms with Crippen LogP contribution in [0.2, 0.25) is 10.0 Å². The van der Waals surface area contributed by atoms with Crippen molar-refractivity contribution in [3.05, 3.63) is 88.2 Å². The van der Waals surface area contributed by atoms with Gasteiger partial charge in [0.15, 0.2) is 0 Å². The number of amides is 1. The zero-order valence-electron chi connectivity index (χ0n) is 16.8. The van der Waals surface area contributed by atoms with Gasteiger partial charge in [0.1, 0.15) is 24.4 Å². The molecule has 1 aromatic heterocycles. The van der Waals surface area contributed by atoms with Crippen LogP contribution in [-0.2, 0) is 6.61 Å². The van der Waals surface area contributed by atoms with Crippen LogP contribution in [0.15, 0.2) is 67.0 Å². The Morgan fingerprint density at radius 2 is 1.84 bits per heavy atom. The second-order valence-electron chi connectivity index (χ2n) is 6.62. The standard InChI is InChI=1S/C22H17Cl2N5O3/c1-31-21-11-20(29-13-25-27-28-29)19(24)10-17(21)22(30)26-15-6-8-16(9-7-15)32-12-14-4-2-3-5-18(14)23/h2-11,13H,12H2,1H3,(H,26,30). The molecule has 10 heteroatoms. The third-order valence-electron chi connectivity index (χ3n) is 4.57. The molecule has 0 spiro atoms. The van der Waals surface area contributed by atoms with E-state index in [1.54, 1.807) is 30.3 Å². The monoisotopic (exact) mass is 469 g/mol. The number of anilines is 1. The van der Waals surface area contributed by atoms with Crippen LogP contribution in [0.3, 0.4) is 0 Å². The summed E-state index contributed by atoms with van der Waals surface area (Å²) in [5.41, 5.74) is 2.24. The van der Waals surface area contributed by atoms with E-state index in [2.05, 4.69) is 20.8 Å². The van der Waals surface area contributed by atoms with Gasteiger partial charge in [-0.05, 0) is 46.8 Å². The quantitative estimate of drug-likeness (QED) is 0.417. The smallest absolute Gasteiger partial charge is 0.259 e. The lowest BCUT2D eigenvalue weighted by Gasteiger charge is -2.13. The van der Waals surface area contributed by atoms with Crippen molar-refractivity contribution in [2.45, 2.75) is 6.61 Å². The molecule has 0 atom stereocenters. The lowest BCUT2D eigenvalue weighted by Crippen LogP contribution is -2.14. The number of carbonyl (C=O) groups is 1. The zero-order chi connectivity index (χ0) is 22.5. The number of carbonyl (C=O) groups excluding carboxylic acids is 1. The van der Waals surface area contributed by atoms with Crippen LogP contribution >= 0.6 is 23.2 Å². The Labute approximate surface area is 193 Å². The van der Waals surface area contributed by atoms with E-state index in [1.807, 2.05) is 24.3 Å². The molecule has 0 bridgehead atoms. The first-order valence-corrected chi connectivity index (χ1v) is 10.2. The summed E-state index contributed by atoms with van der Waals surface area (Å²) in [5.74, 6) is 0.600. The summed E-state index contributed by atoms with van der Waals surface area (Å²) in [6.45, 7) is 0.342. The van der Waals surface area contributed by atoms with Gasteiger partial charge in [-0.2, -0.15) is 4.68 Å². The minimum atomic E-state index is -0.378. The molecular weight excluding hydrogens is 453 g/mol. The van der Waals surface area contributed by atoms with Gasteiger partial charge in [0.2, 0.25) is 0 Å². The molecule has 3 aromatic carbocycles. The van der Waals surface area contributed by atoms with Crippen molar-refractivity contribution in [2.75, 3.05) is 12.4 Å². The van der Waals surface area contributed by atoms with Crippen LogP contribution in [0.25, 0.3) is 5.69 Å². The number of aromatic nitrogens is 4. The SMILES string of the molecule is COc1cc(-n2cnnn2)c(Cl)cc1C(=O)Nc1ccc(OCc2ccccc2Cl)cc1. The van der Waals surface area contributed by atoms with Crippen LogP contribution in [0.4, 0.5) is 5.69 Å². The molecule has 0 saturated carbocycles. The Hall–Kier alpha value is -3.62. The van der Waals surface area contributed by atoms with Gasteiger partial charge in [-0.25, -0.2) is 0 Å². The van der Waals surface area contributed by atoms with Crippen LogP contribution in [0, 0.1) is 0 Å². The molecule has 1 amide bonds. The molecule has 32 heavy (non-hydrogen) atoms. The van der Waals surface area contributed by atoms with Crippen molar-refractivity contribution < 1.29 is 14.3 Å². The first kappa shape index (κ1) is 21.6. The molecule has 1 N–H and O–H groups in total. The Morgan fingerprint density at radius 1 is 1.06 bits per heavy atom.